The summed E-state index contributed by atoms with van der Waals surface area (Å²) in [6.45, 7) is 2.52. The molecular weight excluding hydrogens is 336 g/mol. The van der Waals surface area contributed by atoms with Gasteiger partial charge in [0.15, 0.2) is 0 Å². The number of thiophene rings is 1. The quantitative estimate of drug-likeness (QED) is 0.518. The van der Waals surface area contributed by atoms with E-state index in [-0.39, 0.29) is 12.6 Å². The highest BCUT2D eigenvalue weighted by molar-refractivity contribution is 7.20. The molecule has 0 aliphatic carbocycles. The van der Waals surface area contributed by atoms with Crippen LogP contribution >= 0.6 is 22.9 Å². The second-order valence-electron chi connectivity index (χ2n) is 4.91. The number of carbonyl (C=O) groups is 1. The standard InChI is InChI=1S/C16H15ClN2O3S/c1-10-11-9-14(16(20)22-8-7-21-2)23-15(11)19(18-10)13-6-4-3-5-12(13)17/h3-6,9H,7-8H2,1-2H3. The Bertz CT molecular complexity index is 856. The number of halogens is 1. The molecule has 3 rings (SSSR count). The van der Waals surface area contributed by atoms with Crippen LogP contribution in [0.1, 0.15) is 15.4 Å². The summed E-state index contributed by atoms with van der Waals surface area (Å²) in [6.07, 6.45) is 0. The second kappa shape index (κ2) is 6.70. The van der Waals surface area contributed by atoms with Gasteiger partial charge in [-0.3, -0.25) is 0 Å². The third-order valence-corrected chi connectivity index (χ3v) is 4.76. The predicted molar refractivity (Wildman–Crippen MR) is 90.9 cm³/mol. The summed E-state index contributed by atoms with van der Waals surface area (Å²) in [7, 11) is 1.56. The summed E-state index contributed by atoms with van der Waals surface area (Å²) in [6, 6.07) is 9.28. The molecule has 0 N–H and O–H groups in total. The van der Waals surface area contributed by atoms with Gasteiger partial charge in [-0.2, -0.15) is 5.10 Å². The maximum absolute atomic E-state index is 12.1. The number of aromatic nitrogens is 2. The highest BCUT2D eigenvalue weighted by Crippen LogP contribution is 2.32. The zero-order chi connectivity index (χ0) is 16.4. The van der Waals surface area contributed by atoms with E-state index in [1.54, 1.807) is 11.8 Å². The van der Waals surface area contributed by atoms with Crippen molar-refractivity contribution in [1.82, 2.24) is 9.78 Å². The maximum atomic E-state index is 12.1. The van der Waals surface area contributed by atoms with Gasteiger partial charge in [0.1, 0.15) is 16.3 Å². The molecule has 0 aliphatic heterocycles. The molecule has 3 aromatic rings. The molecule has 23 heavy (non-hydrogen) atoms. The number of hydrogen-bond donors (Lipinski definition) is 0. The average Bonchev–Trinajstić information content (AvgIpc) is 3.09. The number of benzene rings is 1. The number of para-hydroxylation sites is 1. The molecule has 1 aromatic carbocycles. The molecule has 0 atom stereocenters. The van der Waals surface area contributed by atoms with Crippen molar-refractivity contribution in [3.8, 4) is 5.69 Å². The molecule has 0 fully saturated rings. The van der Waals surface area contributed by atoms with Crippen molar-refractivity contribution in [2.45, 2.75) is 6.92 Å². The molecule has 0 unspecified atom stereocenters. The van der Waals surface area contributed by atoms with Crippen LogP contribution in [-0.4, -0.2) is 36.1 Å². The van der Waals surface area contributed by atoms with Crippen molar-refractivity contribution in [2.75, 3.05) is 20.3 Å². The van der Waals surface area contributed by atoms with Gasteiger partial charge in [-0.1, -0.05) is 23.7 Å². The molecule has 0 saturated carbocycles. The first-order chi connectivity index (χ1) is 11.1. The van der Waals surface area contributed by atoms with Gasteiger partial charge in [-0.05, 0) is 25.1 Å². The zero-order valence-corrected chi connectivity index (χ0v) is 14.3. The number of methoxy groups -OCH3 is 1. The minimum atomic E-state index is -0.353. The molecule has 2 heterocycles. The third kappa shape index (κ3) is 3.10. The van der Waals surface area contributed by atoms with Crippen molar-refractivity contribution in [2.24, 2.45) is 0 Å². The minimum absolute atomic E-state index is 0.235. The van der Waals surface area contributed by atoms with Gasteiger partial charge in [0.05, 0.1) is 23.0 Å². The van der Waals surface area contributed by atoms with Crippen molar-refractivity contribution in [3.05, 3.63) is 45.9 Å². The van der Waals surface area contributed by atoms with Crippen LogP contribution in [0, 0.1) is 6.92 Å². The monoisotopic (exact) mass is 350 g/mol. The molecule has 0 radical (unpaired) electrons. The van der Waals surface area contributed by atoms with E-state index in [0.717, 1.165) is 21.6 Å². The molecule has 120 valence electrons. The van der Waals surface area contributed by atoms with Gasteiger partial charge in [0.25, 0.3) is 0 Å². The fourth-order valence-corrected chi connectivity index (χ4v) is 3.51. The number of ether oxygens (including phenoxy) is 2. The van der Waals surface area contributed by atoms with E-state index in [9.17, 15) is 4.79 Å². The summed E-state index contributed by atoms with van der Waals surface area (Å²) < 4.78 is 11.8. The Hall–Kier alpha value is -1.89. The molecular formula is C16H15ClN2O3S. The van der Waals surface area contributed by atoms with Crippen LogP contribution in [0.5, 0.6) is 0 Å². The molecule has 0 spiro atoms. The molecule has 2 aromatic heterocycles. The minimum Gasteiger partial charge on any atom is -0.459 e. The Morgan fingerprint density at radius 2 is 2.13 bits per heavy atom. The van der Waals surface area contributed by atoms with Crippen LogP contribution in [0.15, 0.2) is 30.3 Å². The smallest absolute Gasteiger partial charge is 0.348 e. The Kier molecular flexibility index (Phi) is 4.66. The first-order valence-corrected chi connectivity index (χ1v) is 8.21. The first kappa shape index (κ1) is 16.0. The lowest BCUT2D eigenvalue weighted by Crippen LogP contribution is -2.08. The van der Waals surface area contributed by atoms with E-state index in [1.807, 2.05) is 37.3 Å². The summed E-state index contributed by atoms with van der Waals surface area (Å²) in [5, 5.41) is 6.06. The third-order valence-electron chi connectivity index (χ3n) is 3.35. The highest BCUT2D eigenvalue weighted by atomic mass is 35.5. The first-order valence-electron chi connectivity index (χ1n) is 7.02. The Labute approximate surface area is 142 Å². The SMILES string of the molecule is COCCOC(=O)c1cc2c(C)nn(-c3ccccc3Cl)c2s1. The number of fused-ring (bicyclic) bond motifs is 1. The van der Waals surface area contributed by atoms with Gasteiger partial charge in [0, 0.05) is 12.5 Å². The lowest BCUT2D eigenvalue weighted by atomic mass is 10.3. The van der Waals surface area contributed by atoms with Crippen molar-refractivity contribution < 1.29 is 14.3 Å². The van der Waals surface area contributed by atoms with Crippen LogP contribution in [0.25, 0.3) is 15.9 Å². The summed E-state index contributed by atoms with van der Waals surface area (Å²) in [4.78, 5) is 13.5. The number of carbonyl (C=O) groups excluding carboxylic acids is 1. The van der Waals surface area contributed by atoms with Crippen LogP contribution < -0.4 is 0 Å². The summed E-state index contributed by atoms with van der Waals surface area (Å²) in [5.41, 5.74) is 1.63. The van der Waals surface area contributed by atoms with Gasteiger partial charge >= 0.3 is 5.97 Å². The zero-order valence-electron chi connectivity index (χ0n) is 12.7. The lowest BCUT2D eigenvalue weighted by molar-refractivity contribution is 0.0393. The number of rotatable bonds is 5. The van der Waals surface area contributed by atoms with Gasteiger partial charge in [-0.15, -0.1) is 11.3 Å². The summed E-state index contributed by atoms with van der Waals surface area (Å²) >= 11 is 7.60. The molecule has 0 aliphatic rings. The van der Waals surface area contributed by atoms with Crippen molar-refractivity contribution >= 4 is 39.1 Å². The fourth-order valence-electron chi connectivity index (χ4n) is 2.22. The van der Waals surface area contributed by atoms with Crippen LogP contribution in [0.3, 0.4) is 0 Å². The Balaban J connectivity index is 1.99. The van der Waals surface area contributed by atoms with E-state index in [2.05, 4.69) is 5.10 Å². The van der Waals surface area contributed by atoms with E-state index >= 15 is 0 Å². The van der Waals surface area contributed by atoms with E-state index in [1.165, 1.54) is 11.3 Å². The molecule has 0 saturated heterocycles. The van der Waals surface area contributed by atoms with Gasteiger partial charge in [-0.25, -0.2) is 9.48 Å². The van der Waals surface area contributed by atoms with E-state index in [0.29, 0.717) is 16.5 Å². The summed E-state index contributed by atoms with van der Waals surface area (Å²) in [5.74, 6) is -0.353. The molecule has 5 nitrogen and oxygen atoms in total. The lowest BCUT2D eigenvalue weighted by Gasteiger charge is -2.04. The number of hydrogen-bond acceptors (Lipinski definition) is 5. The van der Waals surface area contributed by atoms with Crippen LogP contribution in [0.4, 0.5) is 0 Å². The average molecular weight is 351 g/mol. The van der Waals surface area contributed by atoms with Crippen molar-refractivity contribution in [1.29, 1.82) is 0 Å². The fraction of sp³-hybridized carbons (Fsp3) is 0.250. The van der Waals surface area contributed by atoms with E-state index < -0.39 is 0 Å². The second-order valence-corrected chi connectivity index (χ2v) is 6.34. The van der Waals surface area contributed by atoms with Crippen LogP contribution in [0.2, 0.25) is 5.02 Å². The largest absolute Gasteiger partial charge is 0.459 e. The van der Waals surface area contributed by atoms with Gasteiger partial charge in [0.2, 0.25) is 0 Å². The predicted octanol–water partition coefficient (Wildman–Crippen LogP) is 3.85. The normalized spacial score (nSPS) is 11.1. The maximum Gasteiger partial charge on any atom is 0.348 e. The Morgan fingerprint density at radius 1 is 1.35 bits per heavy atom. The highest BCUT2D eigenvalue weighted by Gasteiger charge is 2.18. The van der Waals surface area contributed by atoms with E-state index in [4.69, 9.17) is 21.1 Å². The van der Waals surface area contributed by atoms with Crippen molar-refractivity contribution in [3.63, 3.8) is 0 Å². The number of esters is 1. The molecule has 0 amide bonds. The number of nitrogens with zero attached hydrogens (tertiary/aromatic N) is 2. The Morgan fingerprint density at radius 3 is 2.87 bits per heavy atom. The van der Waals surface area contributed by atoms with Gasteiger partial charge < -0.3 is 9.47 Å². The van der Waals surface area contributed by atoms with Crippen LogP contribution in [-0.2, 0) is 9.47 Å². The molecule has 7 heteroatoms. The topological polar surface area (TPSA) is 53.4 Å². The molecule has 0 bridgehead atoms. The number of aryl methyl sites for hydroxylation is 1.